The minimum absolute atomic E-state index is 0.00908. The molecule has 0 aliphatic heterocycles. The Morgan fingerprint density at radius 3 is 2.44 bits per heavy atom. The zero-order valence-corrected chi connectivity index (χ0v) is 11.1. The lowest BCUT2D eigenvalue weighted by atomic mass is 9.84. The molecule has 1 aromatic carbocycles. The first-order valence-electron chi connectivity index (χ1n) is 5.16. The zero-order valence-electron chi connectivity index (χ0n) is 10.3. The summed E-state index contributed by atoms with van der Waals surface area (Å²) in [5.74, 6) is 9.87. The van der Waals surface area contributed by atoms with E-state index in [2.05, 4.69) is 45.7 Å². The van der Waals surface area contributed by atoms with Crippen molar-refractivity contribution in [3.05, 3.63) is 28.8 Å². The molecule has 0 aromatic heterocycles. The second-order valence-corrected chi connectivity index (χ2v) is 5.45. The van der Waals surface area contributed by atoms with Crippen molar-refractivity contribution in [2.45, 2.75) is 33.1 Å². The van der Waals surface area contributed by atoms with Gasteiger partial charge in [0, 0.05) is 16.5 Å². The van der Waals surface area contributed by atoms with Gasteiger partial charge in [-0.15, -0.1) is 0 Å². The molecule has 1 rings (SSSR count). The predicted octanol–water partition coefficient (Wildman–Crippen LogP) is 2.86. The molecule has 0 heterocycles. The van der Waals surface area contributed by atoms with Crippen molar-refractivity contribution in [2.75, 3.05) is 0 Å². The van der Waals surface area contributed by atoms with Gasteiger partial charge in [-0.05, 0) is 29.8 Å². The highest BCUT2D eigenvalue weighted by molar-refractivity contribution is 7.95. The van der Waals surface area contributed by atoms with E-state index in [1.807, 2.05) is 5.37 Å². The molecular weight excluding hydrogens is 218 g/mol. The van der Waals surface area contributed by atoms with Gasteiger partial charge < -0.3 is 4.84 Å². The SMILES string of the molecule is C=S=Cc1cc(C)cc(C(C)(C)C)c1ON. The quantitative estimate of drug-likeness (QED) is 0.634. The van der Waals surface area contributed by atoms with Crippen LogP contribution in [0.4, 0.5) is 0 Å². The Hall–Kier alpha value is -1.06. The van der Waals surface area contributed by atoms with Crippen LogP contribution in [0.25, 0.3) is 0 Å². The monoisotopic (exact) mass is 237 g/mol. The van der Waals surface area contributed by atoms with Gasteiger partial charge in [0.25, 0.3) is 0 Å². The van der Waals surface area contributed by atoms with Crippen LogP contribution in [0.3, 0.4) is 0 Å². The van der Waals surface area contributed by atoms with Crippen LogP contribution in [-0.2, 0) is 5.41 Å². The average Bonchev–Trinajstić information content (AvgIpc) is 2.16. The van der Waals surface area contributed by atoms with Crippen LogP contribution in [0.15, 0.2) is 12.1 Å². The van der Waals surface area contributed by atoms with Gasteiger partial charge in [-0.2, -0.15) is 16.8 Å². The third-order valence-electron chi connectivity index (χ3n) is 2.40. The minimum atomic E-state index is 0.00908. The molecule has 16 heavy (non-hydrogen) atoms. The van der Waals surface area contributed by atoms with Crippen molar-refractivity contribution in [1.82, 2.24) is 0 Å². The van der Waals surface area contributed by atoms with Crippen LogP contribution in [-0.4, -0.2) is 11.2 Å². The Bertz CT molecular complexity index is 440. The Balaban J connectivity index is 3.54. The average molecular weight is 237 g/mol. The van der Waals surface area contributed by atoms with Gasteiger partial charge in [-0.3, -0.25) is 0 Å². The molecule has 1 aromatic rings. The molecular formula is C13H19NOS. The van der Waals surface area contributed by atoms with E-state index in [4.69, 9.17) is 10.7 Å². The van der Waals surface area contributed by atoms with Crippen molar-refractivity contribution in [1.29, 1.82) is 0 Å². The summed E-state index contributed by atoms with van der Waals surface area (Å²) in [6, 6.07) is 4.17. The fourth-order valence-corrected chi connectivity index (χ4v) is 2.02. The molecule has 0 saturated carbocycles. The second kappa shape index (κ2) is 4.85. The molecule has 2 nitrogen and oxygen atoms in total. The van der Waals surface area contributed by atoms with Crippen LogP contribution >= 0.6 is 10.9 Å². The first kappa shape index (κ1) is 13.0. The maximum atomic E-state index is 5.38. The van der Waals surface area contributed by atoms with Gasteiger partial charge in [0.2, 0.25) is 0 Å². The number of aryl methyl sites for hydroxylation is 1. The number of rotatable bonds is 2. The minimum Gasteiger partial charge on any atom is -0.411 e. The third-order valence-corrected chi connectivity index (χ3v) is 2.82. The van der Waals surface area contributed by atoms with Crippen LogP contribution in [0.5, 0.6) is 5.75 Å². The predicted molar refractivity (Wildman–Crippen MR) is 74.6 cm³/mol. The molecule has 88 valence electrons. The van der Waals surface area contributed by atoms with Gasteiger partial charge in [-0.1, -0.05) is 26.8 Å². The van der Waals surface area contributed by atoms with Crippen LogP contribution in [0.2, 0.25) is 0 Å². The first-order chi connectivity index (χ1) is 7.40. The van der Waals surface area contributed by atoms with Crippen LogP contribution in [0, 0.1) is 6.92 Å². The molecule has 0 radical (unpaired) electrons. The molecule has 0 atom stereocenters. The molecule has 0 unspecified atom stereocenters. The summed E-state index contributed by atoms with van der Waals surface area (Å²) in [6.07, 6.45) is 0. The third kappa shape index (κ3) is 2.74. The van der Waals surface area contributed by atoms with Crippen molar-refractivity contribution >= 4 is 22.2 Å². The molecule has 0 spiro atoms. The lowest BCUT2D eigenvalue weighted by molar-refractivity contribution is 0.323. The highest BCUT2D eigenvalue weighted by atomic mass is 32.1. The standard InChI is InChI=1S/C13H19NOS/c1-9-6-10(8-16-5)12(15-14)11(7-9)13(2,3)4/h6-8H,5,14H2,1-4H3. The highest BCUT2D eigenvalue weighted by Gasteiger charge is 2.21. The van der Waals surface area contributed by atoms with Crippen molar-refractivity contribution in [3.8, 4) is 5.75 Å². The molecule has 0 fully saturated rings. The number of nitrogens with two attached hydrogens (primary N) is 1. The van der Waals surface area contributed by atoms with Crippen LogP contribution < -0.4 is 10.7 Å². The lowest BCUT2D eigenvalue weighted by Crippen LogP contribution is -2.17. The Labute approximate surface area is 101 Å². The highest BCUT2D eigenvalue weighted by Crippen LogP contribution is 2.34. The van der Waals surface area contributed by atoms with E-state index in [1.54, 1.807) is 0 Å². The maximum Gasteiger partial charge on any atom is 0.158 e. The summed E-state index contributed by atoms with van der Waals surface area (Å²) < 4.78 is 0. The van der Waals surface area contributed by atoms with Crippen molar-refractivity contribution < 1.29 is 4.84 Å². The number of hydrogen-bond acceptors (Lipinski definition) is 2. The van der Waals surface area contributed by atoms with Crippen molar-refractivity contribution in [2.24, 2.45) is 5.90 Å². The first-order valence-corrected chi connectivity index (χ1v) is 6.21. The zero-order chi connectivity index (χ0) is 12.3. The Morgan fingerprint density at radius 2 is 2.00 bits per heavy atom. The fourth-order valence-electron chi connectivity index (χ4n) is 1.67. The molecule has 0 amide bonds. The van der Waals surface area contributed by atoms with Crippen molar-refractivity contribution in [3.63, 3.8) is 0 Å². The number of benzene rings is 1. The summed E-state index contributed by atoms with van der Waals surface area (Å²) in [7, 11) is 1.40. The largest absolute Gasteiger partial charge is 0.411 e. The molecule has 3 heteroatoms. The summed E-state index contributed by atoms with van der Waals surface area (Å²) in [6.45, 7) is 8.50. The Morgan fingerprint density at radius 1 is 1.38 bits per heavy atom. The molecule has 0 aliphatic rings. The summed E-state index contributed by atoms with van der Waals surface area (Å²) >= 11 is 0. The second-order valence-electron chi connectivity index (χ2n) is 4.88. The van der Waals surface area contributed by atoms with E-state index in [0.717, 1.165) is 16.9 Å². The van der Waals surface area contributed by atoms with Gasteiger partial charge >= 0.3 is 0 Å². The topological polar surface area (TPSA) is 35.2 Å². The summed E-state index contributed by atoms with van der Waals surface area (Å²) in [5.41, 5.74) is 3.32. The lowest BCUT2D eigenvalue weighted by Gasteiger charge is -2.23. The molecule has 0 saturated heterocycles. The van der Waals surface area contributed by atoms with Gasteiger partial charge in [-0.25, -0.2) is 0 Å². The van der Waals surface area contributed by atoms with Gasteiger partial charge in [0.1, 0.15) is 0 Å². The maximum absolute atomic E-state index is 5.38. The molecule has 0 bridgehead atoms. The van der Waals surface area contributed by atoms with E-state index < -0.39 is 0 Å². The normalized spacial score (nSPS) is 11.1. The summed E-state index contributed by atoms with van der Waals surface area (Å²) in [4.78, 5) is 5.04. The number of hydrogen-bond donors (Lipinski definition) is 1. The molecule has 2 N–H and O–H groups in total. The van der Waals surface area contributed by atoms with E-state index in [9.17, 15) is 0 Å². The molecule has 0 aliphatic carbocycles. The van der Waals surface area contributed by atoms with E-state index in [0.29, 0.717) is 0 Å². The van der Waals surface area contributed by atoms with Crippen LogP contribution in [0.1, 0.15) is 37.5 Å². The smallest absolute Gasteiger partial charge is 0.158 e. The van der Waals surface area contributed by atoms with E-state index >= 15 is 0 Å². The summed E-state index contributed by atoms with van der Waals surface area (Å²) in [5, 5.41) is 1.95. The van der Waals surface area contributed by atoms with E-state index in [-0.39, 0.29) is 5.41 Å². The van der Waals surface area contributed by atoms with Gasteiger partial charge in [0.05, 0.1) is 0 Å². The van der Waals surface area contributed by atoms with Gasteiger partial charge in [0.15, 0.2) is 5.75 Å². The van der Waals surface area contributed by atoms with E-state index in [1.165, 1.54) is 16.5 Å². The fraction of sp³-hybridized carbons (Fsp3) is 0.385. The Kier molecular flexibility index (Phi) is 3.94.